The van der Waals surface area contributed by atoms with E-state index < -0.39 is 23.8 Å². The fourth-order valence-corrected chi connectivity index (χ4v) is 3.40. The average molecular weight is 370 g/mol. The number of benzene rings is 3. The SMILES string of the molecule is Cc1cccc(N2C(=O)C(c3ccccc3)C(=O)N(c3ccccc3)C2=O)c1. The maximum absolute atomic E-state index is 13.3. The van der Waals surface area contributed by atoms with Gasteiger partial charge in [-0.3, -0.25) is 9.59 Å². The number of hydrogen-bond donors (Lipinski definition) is 0. The van der Waals surface area contributed by atoms with Crippen LogP contribution in [0.4, 0.5) is 16.2 Å². The Morgan fingerprint density at radius 3 is 1.79 bits per heavy atom. The number of para-hydroxylation sites is 1. The molecule has 0 aliphatic carbocycles. The van der Waals surface area contributed by atoms with Crippen LogP contribution in [0.3, 0.4) is 0 Å². The van der Waals surface area contributed by atoms with Crippen molar-refractivity contribution in [1.29, 1.82) is 0 Å². The van der Waals surface area contributed by atoms with E-state index in [-0.39, 0.29) is 0 Å². The van der Waals surface area contributed by atoms with Crippen molar-refractivity contribution in [2.75, 3.05) is 9.80 Å². The van der Waals surface area contributed by atoms with E-state index in [0.717, 1.165) is 15.4 Å². The lowest BCUT2D eigenvalue weighted by Crippen LogP contribution is -2.59. The minimum absolute atomic E-state index is 0.434. The number of nitrogens with zero attached hydrogens (tertiary/aromatic N) is 2. The van der Waals surface area contributed by atoms with E-state index in [1.54, 1.807) is 72.8 Å². The molecule has 1 atom stereocenters. The molecule has 4 rings (SSSR count). The molecular weight excluding hydrogens is 352 g/mol. The highest BCUT2D eigenvalue weighted by molar-refractivity contribution is 6.38. The summed E-state index contributed by atoms with van der Waals surface area (Å²) >= 11 is 0. The van der Waals surface area contributed by atoms with Crippen molar-refractivity contribution in [3.63, 3.8) is 0 Å². The van der Waals surface area contributed by atoms with Crippen molar-refractivity contribution in [2.24, 2.45) is 0 Å². The van der Waals surface area contributed by atoms with E-state index in [4.69, 9.17) is 0 Å². The van der Waals surface area contributed by atoms with E-state index in [2.05, 4.69) is 0 Å². The van der Waals surface area contributed by atoms with Crippen LogP contribution in [0.15, 0.2) is 84.9 Å². The molecule has 1 heterocycles. The summed E-state index contributed by atoms with van der Waals surface area (Å²) in [5, 5.41) is 0. The van der Waals surface area contributed by atoms with Crippen LogP contribution in [0, 0.1) is 6.92 Å². The Morgan fingerprint density at radius 2 is 1.18 bits per heavy atom. The number of hydrogen-bond acceptors (Lipinski definition) is 3. The van der Waals surface area contributed by atoms with E-state index in [9.17, 15) is 14.4 Å². The number of carbonyl (C=O) groups excluding carboxylic acids is 3. The van der Waals surface area contributed by atoms with Crippen LogP contribution in [0.5, 0.6) is 0 Å². The standard InChI is InChI=1S/C23H18N2O3/c1-16-9-8-14-19(15-16)25-22(27)20(17-10-4-2-5-11-17)21(26)24(23(25)28)18-12-6-3-7-13-18/h2-15,20H,1H3. The smallest absolute Gasteiger partial charge is 0.273 e. The molecule has 1 aliphatic heterocycles. The van der Waals surface area contributed by atoms with Gasteiger partial charge in [0, 0.05) is 0 Å². The van der Waals surface area contributed by atoms with Gasteiger partial charge in [-0.25, -0.2) is 14.6 Å². The molecule has 28 heavy (non-hydrogen) atoms. The molecule has 0 spiro atoms. The number of carbonyl (C=O) groups is 3. The van der Waals surface area contributed by atoms with Crippen LogP contribution in [-0.4, -0.2) is 17.8 Å². The number of amides is 4. The molecule has 138 valence electrons. The number of rotatable bonds is 3. The van der Waals surface area contributed by atoms with Crippen LogP contribution in [0.1, 0.15) is 17.0 Å². The largest absolute Gasteiger partial charge is 0.342 e. The molecule has 3 aromatic rings. The van der Waals surface area contributed by atoms with Gasteiger partial charge < -0.3 is 0 Å². The lowest BCUT2D eigenvalue weighted by Gasteiger charge is -2.37. The van der Waals surface area contributed by atoms with Crippen molar-refractivity contribution in [2.45, 2.75) is 12.8 Å². The molecule has 0 bridgehead atoms. The predicted molar refractivity (Wildman–Crippen MR) is 107 cm³/mol. The van der Waals surface area contributed by atoms with Crippen LogP contribution in [-0.2, 0) is 9.59 Å². The predicted octanol–water partition coefficient (Wildman–Crippen LogP) is 4.28. The highest BCUT2D eigenvalue weighted by Gasteiger charge is 2.47. The zero-order valence-electron chi connectivity index (χ0n) is 15.3. The van der Waals surface area contributed by atoms with Gasteiger partial charge in [-0.05, 0) is 42.3 Å². The minimum Gasteiger partial charge on any atom is -0.273 e. The number of anilines is 2. The first kappa shape index (κ1) is 17.7. The molecule has 5 nitrogen and oxygen atoms in total. The van der Waals surface area contributed by atoms with Crippen LogP contribution < -0.4 is 9.80 Å². The van der Waals surface area contributed by atoms with Crippen LogP contribution in [0.2, 0.25) is 0 Å². The van der Waals surface area contributed by atoms with Gasteiger partial charge in [0.25, 0.3) is 11.8 Å². The monoisotopic (exact) mass is 370 g/mol. The first-order chi connectivity index (χ1) is 13.6. The summed E-state index contributed by atoms with van der Waals surface area (Å²) < 4.78 is 0. The third-order valence-corrected chi connectivity index (χ3v) is 4.72. The van der Waals surface area contributed by atoms with Gasteiger partial charge >= 0.3 is 6.03 Å². The fraction of sp³-hybridized carbons (Fsp3) is 0.0870. The Morgan fingerprint density at radius 1 is 0.643 bits per heavy atom. The highest BCUT2D eigenvalue weighted by Crippen LogP contribution is 2.33. The normalized spacial score (nSPS) is 17.2. The number of barbiturate groups is 1. The Hall–Kier alpha value is -3.73. The Balaban J connectivity index is 1.88. The molecule has 0 aromatic heterocycles. The van der Waals surface area contributed by atoms with Gasteiger partial charge in [-0.2, -0.15) is 0 Å². The van der Waals surface area contributed by atoms with Crippen molar-refractivity contribution >= 4 is 29.2 Å². The number of imide groups is 2. The molecule has 3 aromatic carbocycles. The van der Waals surface area contributed by atoms with E-state index >= 15 is 0 Å². The quantitative estimate of drug-likeness (QED) is 0.647. The zero-order chi connectivity index (χ0) is 19.7. The van der Waals surface area contributed by atoms with Crippen molar-refractivity contribution in [3.8, 4) is 0 Å². The summed E-state index contributed by atoms with van der Waals surface area (Å²) in [4.78, 5) is 42.0. The molecule has 0 saturated carbocycles. The second-order valence-electron chi connectivity index (χ2n) is 6.65. The first-order valence-electron chi connectivity index (χ1n) is 8.96. The van der Waals surface area contributed by atoms with E-state index in [1.165, 1.54) is 0 Å². The van der Waals surface area contributed by atoms with Crippen LogP contribution >= 0.6 is 0 Å². The maximum Gasteiger partial charge on any atom is 0.342 e. The summed E-state index contributed by atoms with van der Waals surface area (Å²) in [5.41, 5.74) is 2.36. The molecule has 1 unspecified atom stereocenters. The lowest BCUT2D eigenvalue weighted by molar-refractivity contribution is -0.129. The Kier molecular flexibility index (Phi) is 4.49. The molecule has 1 aliphatic rings. The first-order valence-corrected chi connectivity index (χ1v) is 8.96. The van der Waals surface area contributed by atoms with Crippen molar-refractivity contribution in [1.82, 2.24) is 0 Å². The summed E-state index contributed by atoms with van der Waals surface area (Å²) in [5.74, 6) is -2.17. The Labute approximate surface area is 162 Å². The second kappa shape index (κ2) is 7.12. The average Bonchev–Trinajstić information content (AvgIpc) is 2.70. The third kappa shape index (κ3) is 2.97. The van der Waals surface area contributed by atoms with Gasteiger partial charge in [0.2, 0.25) is 0 Å². The molecular formula is C23H18N2O3. The summed E-state index contributed by atoms with van der Waals surface area (Å²) in [6, 6.07) is 24.0. The zero-order valence-corrected chi connectivity index (χ0v) is 15.3. The van der Waals surface area contributed by atoms with Crippen molar-refractivity contribution < 1.29 is 14.4 Å². The molecule has 1 fully saturated rings. The molecule has 0 radical (unpaired) electrons. The van der Waals surface area contributed by atoms with Gasteiger partial charge in [0.15, 0.2) is 0 Å². The molecule has 5 heteroatoms. The molecule has 0 N–H and O–H groups in total. The van der Waals surface area contributed by atoms with Crippen LogP contribution in [0.25, 0.3) is 0 Å². The highest BCUT2D eigenvalue weighted by atomic mass is 16.2. The molecule has 4 amide bonds. The van der Waals surface area contributed by atoms with Crippen molar-refractivity contribution in [3.05, 3.63) is 96.1 Å². The van der Waals surface area contributed by atoms with E-state index in [1.807, 2.05) is 19.1 Å². The number of aryl methyl sites for hydroxylation is 1. The number of urea groups is 1. The maximum atomic E-state index is 13.3. The van der Waals surface area contributed by atoms with Gasteiger partial charge in [0.1, 0.15) is 5.92 Å². The second-order valence-corrected chi connectivity index (χ2v) is 6.65. The lowest BCUT2D eigenvalue weighted by atomic mass is 9.93. The van der Waals surface area contributed by atoms with Gasteiger partial charge in [-0.1, -0.05) is 60.7 Å². The summed E-state index contributed by atoms with van der Waals surface area (Å²) in [6.45, 7) is 1.89. The fourth-order valence-electron chi connectivity index (χ4n) is 3.40. The third-order valence-electron chi connectivity index (χ3n) is 4.72. The van der Waals surface area contributed by atoms with E-state index in [0.29, 0.717) is 16.9 Å². The van der Waals surface area contributed by atoms with Gasteiger partial charge in [-0.15, -0.1) is 0 Å². The summed E-state index contributed by atoms with van der Waals surface area (Å²) in [7, 11) is 0. The Bertz CT molecular complexity index is 986. The topological polar surface area (TPSA) is 57.7 Å². The molecule has 1 saturated heterocycles. The van der Waals surface area contributed by atoms with Gasteiger partial charge in [0.05, 0.1) is 11.4 Å². The minimum atomic E-state index is -1.08. The summed E-state index contributed by atoms with van der Waals surface area (Å²) in [6.07, 6.45) is 0.